The Bertz CT molecular complexity index is 1240. The lowest BCUT2D eigenvalue weighted by Gasteiger charge is -2.12. The predicted octanol–water partition coefficient (Wildman–Crippen LogP) is 4.77. The van der Waals surface area contributed by atoms with Crippen molar-refractivity contribution in [3.63, 3.8) is 0 Å². The van der Waals surface area contributed by atoms with Crippen molar-refractivity contribution in [2.45, 2.75) is 33.1 Å². The number of hydrazine groups is 1. The molecule has 0 spiro atoms. The molecule has 4 N–H and O–H groups in total. The lowest BCUT2D eigenvalue weighted by Crippen LogP contribution is -2.48. The Balaban J connectivity index is 1.44. The summed E-state index contributed by atoms with van der Waals surface area (Å²) in [6, 6.07) is 20.4. The second-order valence-electron chi connectivity index (χ2n) is 8.29. The van der Waals surface area contributed by atoms with Gasteiger partial charge in [-0.2, -0.15) is 0 Å². The summed E-state index contributed by atoms with van der Waals surface area (Å²) in [6.45, 7) is 4.63. The molecular formula is C28H30N4O4S. The molecular weight excluding hydrogens is 488 g/mol. The fraction of sp³-hybridized carbons (Fsp3) is 0.214. The number of carbonyl (C=O) groups is 3. The van der Waals surface area contributed by atoms with Gasteiger partial charge in [0.25, 0.3) is 17.7 Å². The fourth-order valence-corrected chi connectivity index (χ4v) is 3.51. The van der Waals surface area contributed by atoms with E-state index in [1.165, 1.54) is 0 Å². The Morgan fingerprint density at radius 2 is 1.43 bits per heavy atom. The highest BCUT2D eigenvalue weighted by molar-refractivity contribution is 7.80. The van der Waals surface area contributed by atoms with Gasteiger partial charge >= 0.3 is 0 Å². The van der Waals surface area contributed by atoms with E-state index in [2.05, 4.69) is 28.4 Å². The molecule has 9 heteroatoms. The molecule has 0 fully saturated rings. The number of aryl methyl sites for hydroxylation is 1. The van der Waals surface area contributed by atoms with Crippen molar-refractivity contribution < 1.29 is 19.1 Å². The third-order valence-corrected chi connectivity index (χ3v) is 5.65. The maximum Gasteiger partial charge on any atom is 0.269 e. The Morgan fingerprint density at radius 1 is 0.784 bits per heavy atom. The summed E-state index contributed by atoms with van der Waals surface area (Å²) in [5.74, 6) is -0.412. The van der Waals surface area contributed by atoms with Crippen molar-refractivity contribution in [3.8, 4) is 5.75 Å². The monoisotopic (exact) mass is 518 g/mol. The zero-order valence-electron chi connectivity index (χ0n) is 20.8. The molecule has 0 saturated carbocycles. The van der Waals surface area contributed by atoms with Crippen LogP contribution in [0.1, 0.15) is 62.8 Å². The number of carbonyl (C=O) groups excluding carboxylic acids is 3. The zero-order chi connectivity index (χ0) is 26.6. The van der Waals surface area contributed by atoms with Crippen LogP contribution in [-0.4, -0.2) is 29.4 Å². The van der Waals surface area contributed by atoms with Crippen LogP contribution < -0.4 is 26.2 Å². The zero-order valence-corrected chi connectivity index (χ0v) is 21.6. The van der Waals surface area contributed by atoms with Gasteiger partial charge in [-0.3, -0.25) is 30.6 Å². The summed E-state index contributed by atoms with van der Waals surface area (Å²) in [6.07, 6.45) is 3.22. The summed E-state index contributed by atoms with van der Waals surface area (Å²) in [5.41, 5.74) is 7.70. The molecule has 3 amide bonds. The number of nitrogens with one attached hydrogen (secondary N) is 4. The van der Waals surface area contributed by atoms with Gasteiger partial charge in [-0.25, -0.2) is 0 Å². The third kappa shape index (κ3) is 8.43. The van der Waals surface area contributed by atoms with Crippen LogP contribution in [0.2, 0.25) is 0 Å². The molecule has 0 atom stereocenters. The van der Waals surface area contributed by atoms with Crippen LogP contribution in [0.3, 0.4) is 0 Å². The van der Waals surface area contributed by atoms with Crippen molar-refractivity contribution in [2.24, 2.45) is 0 Å². The van der Waals surface area contributed by atoms with Crippen LogP contribution >= 0.6 is 12.2 Å². The van der Waals surface area contributed by atoms with Gasteiger partial charge in [0, 0.05) is 22.4 Å². The average molecular weight is 519 g/mol. The molecule has 3 aromatic rings. The standard InChI is InChI=1S/C28H30N4O4S/c1-3-4-7-18-36-23-16-12-20(13-17-23)25(33)30-28(37)32-31-26(34)21-10-14-22(15-11-21)29-27(35)24-9-6-5-8-19(24)2/h5-6,8-17H,3-4,7,18H2,1-2H3,(H,29,35)(H,31,34)(H2,30,32,33,37). The second-order valence-corrected chi connectivity index (χ2v) is 8.70. The first-order chi connectivity index (χ1) is 17.9. The highest BCUT2D eigenvalue weighted by Gasteiger charge is 2.12. The van der Waals surface area contributed by atoms with Gasteiger partial charge in [-0.15, -0.1) is 0 Å². The number of hydrogen-bond donors (Lipinski definition) is 4. The molecule has 3 rings (SSSR count). The van der Waals surface area contributed by atoms with E-state index in [9.17, 15) is 14.4 Å². The van der Waals surface area contributed by atoms with Crippen molar-refractivity contribution in [3.05, 3.63) is 95.1 Å². The van der Waals surface area contributed by atoms with E-state index < -0.39 is 11.8 Å². The van der Waals surface area contributed by atoms with Crippen LogP contribution in [0.25, 0.3) is 0 Å². The third-order valence-electron chi connectivity index (χ3n) is 5.44. The predicted molar refractivity (Wildman–Crippen MR) is 148 cm³/mol. The first kappa shape index (κ1) is 27.3. The van der Waals surface area contributed by atoms with E-state index >= 15 is 0 Å². The van der Waals surface area contributed by atoms with E-state index in [0.717, 1.165) is 24.8 Å². The second kappa shape index (κ2) is 13.7. The number of rotatable bonds is 9. The Hall–Kier alpha value is -4.24. The van der Waals surface area contributed by atoms with Crippen molar-refractivity contribution in [1.29, 1.82) is 0 Å². The first-order valence-electron chi connectivity index (χ1n) is 12.0. The van der Waals surface area contributed by atoms with Gasteiger partial charge in [0.2, 0.25) is 0 Å². The Kier molecular flexibility index (Phi) is 10.2. The average Bonchev–Trinajstić information content (AvgIpc) is 2.90. The minimum absolute atomic E-state index is 0.0552. The van der Waals surface area contributed by atoms with Gasteiger partial charge < -0.3 is 10.1 Å². The maximum atomic E-state index is 12.4. The van der Waals surface area contributed by atoms with Crippen molar-refractivity contribution in [1.82, 2.24) is 16.2 Å². The van der Waals surface area contributed by atoms with Crippen LogP contribution in [0.4, 0.5) is 5.69 Å². The van der Waals surface area contributed by atoms with Crippen LogP contribution in [0, 0.1) is 6.92 Å². The number of benzene rings is 3. The lowest BCUT2D eigenvalue weighted by atomic mass is 10.1. The number of anilines is 1. The molecule has 0 aliphatic rings. The molecule has 8 nitrogen and oxygen atoms in total. The smallest absolute Gasteiger partial charge is 0.269 e. The molecule has 192 valence electrons. The highest BCUT2D eigenvalue weighted by atomic mass is 32.1. The van der Waals surface area contributed by atoms with E-state index in [1.807, 2.05) is 19.1 Å². The van der Waals surface area contributed by atoms with Gasteiger partial charge in [0.15, 0.2) is 5.11 Å². The number of unbranched alkanes of at least 4 members (excludes halogenated alkanes) is 2. The van der Waals surface area contributed by atoms with E-state index in [-0.39, 0.29) is 11.0 Å². The molecule has 0 aromatic heterocycles. The largest absolute Gasteiger partial charge is 0.494 e. The van der Waals surface area contributed by atoms with Crippen molar-refractivity contribution in [2.75, 3.05) is 11.9 Å². The van der Waals surface area contributed by atoms with Crippen molar-refractivity contribution >= 4 is 40.7 Å². The molecule has 0 aliphatic carbocycles. The number of thiocarbonyl (C=S) groups is 1. The lowest BCUT2D eigenvalue weighted by molar-refractivity contribution is 0.0934. The summed E-state index contributed by atoms with van der Waals surface area (Å²) < 4.78 is 5.64. The van der Waals surface area contributed by atoms with Gasteiger partial charge in [-0.1, -0.05) is 38.0 Å². The minimum Gasteiger partial charge on any atom is -0.494 e. The molecule has 0 aliphatic heterocycles. The highest BCUT2D eigenvalue weighted by Crippen LogP contribution is 2.14. The van der Waals surface area contributed by atoms with Gasteiger partial charge in [-0.05, 0) is 85.7 Å². The summed E-state index contributed by atoms with van der Waals surface area (Å²) in [4.78, 5) is 37.3. The van der Waals surface area contributed by atoms with Crippen LogP contribution in [0.5, 0.6) is 5.75 Å². The summed E-state index contributed by atoms with van der Waals surface area (Å²) in [5, 5.41) is 5.26. The number of amides is 3. The molecule has 3 aromatic carbocycles. The molecule has 0 saturated heterocycles. The Morgan fingerprint density at radius 3 is 2.11 bits per heavy atom. The quantitative estimate of drug-likeness (QED) is 0.185. The molecule has 0 radical (unpaired) electrons. The van der Waals surface area contributed by atoms with E-state index in [1.54, 1.807) is 60.7 Å². The van der Waals surface area contributed by atoms with Gasteiger partial charge in [0.1, 0.15) is 5.75 Å². The maximum absolute atomic E-state index is 12.4. The normalized spacial score (nSPS) is 10.2. The topological polar surface area (TPSA) is 109 Å². The first-order valence-corrected chi connectivity index (χ1v) is 12.4. The Labute approximate surface area is 221 Å². The molecule has 0 unspecified atom stereocenters. The summed E-state index contributed by atoms with van der Waals surface area (Å²) in [7, 11) is 0. The summed E-state index contributed by atoms with van der Waals surface area (Å²) >= 11 is 5.10. The van der Waals surface area contributed by atoms with Gasteiger partial charge in [0.05, 0.1) is 6.61 Å². The van der Waals surface area contributed by atoms with E-state index in [4.69, 9.17) is 17.0 Å². The fourth-order valence-electron chi connectivity index (χ4n) is 3.37. The molecule has 37 heavy (non-hydrogen) atoms. The van der Waals surface area contributed by atoms with Crippen LogP contribution in [-0.2, 0) is 0 Å². The molecule has 0 heterocycles. The minimum atomic E-state index is -0.460. The number of hydrogen-bond acceptors (Lipinski definition) is 5. The van der Waals surface area contributed by atoms with Crippen LogP contribution in [0.15, 0.2) is 72.8 Å². The molecule has 0 bridgehead atoms. The number of ether oxygens (including phenoxy) is 1. The SMILES string of the molecule is CCCCCOc1ccc(C(=O)NC(=S)NNC(=O)c2ccc(NC(=O)c3ccccc3C)cc2)cc1. The van der Waals surface area contributed by atoms with E-state index in [0.29, 0.717) is 34.7 Å².